The largest absolute Gasteiger partial charge is 0.465 e. The molecular weight excluding hydrogens is 294 g/mol. The molecule has 7 heteroatoms. The number of nitrogens with one attached hydrogen (secondary N) is 1. The Hall–Kier alpha value is -1.63. The summed E-state index contributed by atoms with van der Waals surface area (Å²) in [6, 6.07) is 0.509. The summed E-state index contributed by atoms with van der Waals surface area (Å²) in [5, 5.41) is 16.7. The minimum absolute atomic E-state index is 0.421. The lowest BCUT2D eigenvalue weighted by molar-refractivity contribution is 0.0785. The van der Waals surface area contributed by atoms with E-state index in [1.54, 1.807) is 0 Å². The van der Waals surface area contributed by atoms with Gasteiger partial charge >= 0.3 is 6.09 Å². The Kier molecular flexibility index (Phi) is 3.97. The third-order valence-corrected chi connectivity index (χ3v) is 5.55. The van der Waals surface area contributed by atoms with Crippen LogP contribution in [0.25, 0.3) is 0 Å². The van der Waals surface area contributed by atoms with Crippen molar-refractivity contribution in [2.75, 3.05) is 26.2 Å². The first-order valence-corrected chi connectivity index (χ1v) is 8.85. The highest BCUT2D eigenvalue weighted by atomic mass is 16.4. The van der Waals surface area contributed by atoms with Crippen molar-refractivity contribution in [1.29, 1.82) is 0 Å². The van der Waals surface area contributed by atoms with Gasteiger partial charge in [0.2, 0.25) is 0 Å². The maximum absolute atomic E-state index is 11.0. The smallest absolute Gasteiger partial charge is 0.407 e. The van der Waals surface area contributed by atoms with Crippen molar-refractivity contribution in [3.63, 3.8) is 0 Å². The average Bonchev–Trinajstić information content (AvgIpc) is 3.32. The van der Waals surface area contributed by atoms with Gasteiger partial charge in [-0.05, 0) is 45.1 Å². The van der Waals surface area contributed by atoms with Gasteiger partial charge < -0.3 is 10.0 Å². The Balaban J connectivity index is 1.36. The number of piperidine rings is 2. The van der Waals surface area contributed by atoms with Crippen LogP contribution in [0.3, 0.4) is 0 Å². The van der Waals surface area contributed by atoms with E-state index in [1.807, 2.05) is 0 Å². The number of carboxylic acid groups (broad SMARTS) is 1. The zero-order valence-electron chi connectivity index (χ0n) is 13.4. The molecule has 2 N–H and O–H groups in total. The number of hydrogen-bond acceptors (Lipinski definition) is 4. The van der Waals surface area contributed by atoms with Crippen LogP contribution < -0.4 is 0 Å². The summed E-state index contributed by atoms with van der Waals surface area (Å²) >= 11 is 0. The van der Waals surface area contributed by atoms with Crippen LogP contribution in [0, 0.1) is 0 Å². The zero-order valence-corrected chi connectivity index (χ0v) is 13.4. The summed E-state index contributed by atoms with van der Waals surface area (Å²) < 4.78 is 0. The predicted molar refractivity (Wildman–Crippen MR) is 84.5 cm³/mol. The molecule has 4 rings (SSSR count). The fourth-order valence-electron chi connectivity index (χ4n) is 3.98. The highest BCUT2D eigenvalue weighted by Gasteiger charge is 2.33. The average molecular weight is 319 g/mol. The molecule has 0 aromatic carbocycles. The van der Waals surface area contributed by atoms with Gasteiger partial charge in [0.25, 0.3) is 0 Å². The summed E-state index contributed by atoms with van der Waals surface area (Å²) in [6.45, 7) is 3.45. The molecule has 126 valence electrons. The third kappa shape index (κ3) is 3.20. The number of nitrogens with zero attached hydrogens (tertiary/aromatic N) is 4. The van der Waals surface area contributed by atoms with Gasteiger partial charge in [0.05, 0.1) is 0 Å². The highest BCUT2D eigenvalue weighted by Crippen LogP contribution is 2.38. The van der Waals surface area contributed by atoms with E-state index in [1.165, 1.54) is 24.2 Å². The Morgan fingerprint density at radius 1 is 1.09 bits per heavy atom. The van der Waals surface area contributed by atoms with Gasteiger partial charge in [-0.3, -0.25) is 10.00 Å². The number of carbonyl (C=O) groups is 1. The second kappa shape index (κ2) is 6.11. The molecule has 3 heterocycles. The van der Waals surface area contributed by atoms with Crippen molar-refractivity contribution in [3.05, 3.63) is 11.6 Å². The second-order valence-corrected chi connectivity index (χ2v) is 7.19. The summed E-state index contributed by atoms with van der Waals surface area (Å²) in [7, 11) is 0. The summed E-state index contributed by atoms with van der Waals surface area (Å²) in [5.41, 5.74) is 0. The molecule has 1 amide bonds. The Labute approximate surface area is 136 Å². The predicted octanol–water partition coefficient (Wildman–Crippen LogP) is 2.00. The van der Waals surface area contributed by atoms with E-state index in [4.69, 9.17) is 10.1 Å². The molecule has 1 saturated carbocycles. The maximum atomic E-state index is 11.0. The molecule has 1 aromatic heterocycles. The van der Waals surface area contributed by atoms with Crippen molar-refractivity contribution in [1.82, 2.24) is 25.0 Å². The van der Waals surface area contributed by atoms with E-state index < -0.39 is 6.09 Å². The highest BCUT2D eigenvalue weighted by molar-refractivity contribution is 5.65. The van der Waals surface area contributed by atoms with E-state index in [-0.39, 0.29) is 0 Å². The van der Waals surface area contributed by atoms with Crippen LogP contribution in [0.4, 0.5) is 4.79 Å². The van der Waals surface area contributed by atoms with Crippen LogP contribution in [0.1, 0.15) is 62.0 Å². The first-order valence-electron chi connectivity index (χ1n) is 8.85. The van der Waals surface area contributed by atoms with Crippen molar-refractivity contribution in [2.45, 2.75) is 56.4 Å². The van der Waals surface area contributed by atoms with E-state index >= 15 is 0 Å². The first-order chi connectivity index (χ1) is 11.2. The van der Waals surface area contributed by atoms with Gasteiger partial charge in [0.15, 0.2) is 5.82 Å². The molecule has 1 aromatic rings. The maximum Gasteiger partial charge on any atom is 0.407 e. The van der Waals surface area contributed by atoms with Crippen LogP contribution in [0.15, 0.2) is 0 Å². The summed E-state index contributed by atoms with van der Waals surface area (Å²) in [6.07, 6.45) is 5.93. The van der Waals surface area contributed by atoms with Gasteiger partial charge in [-0.25, -0.2) is 9.78 Å². The van der Waals surface area contributed by atoms with E-state index in [0.717, 1.165) is 44.0 Å². The lowest BCUT2D eigenvalue weighted by atomic mass is 9.93. The quantitative estimate of drug-likeness (QED) is 0.890. The van der Waals surface area contributed by atoms with Crippen molar-refractivity contribution in [3.8, 4) is 0 Å². The normalized spacial score (nSPS) is 27.3. The Morgan fingerprint density at radius 3 is 2.57 bits per heavy atom. The molecule has 3 fully saturated rings. The third-order valence-electron chi connectivity index (χ3n) is 5.55. The van der Waals surface area contributed by atoms with Crippen LogP contribution >= 0.6 is 0 Å². The summed E-state index contributed by atoms with van der Waals surface area (Å²) in [5.74, 6) is 3.10. The van der Waals surface area contributed by atoms with Gasteiger partial charge in [-0.15, -0.1) is 0 Å². The van der Waals surface area contributed by atoms with Crippen LogP contribution in [0.5, 0.6) is 0 Å². The molecule has 3 aliphatic rings. The monoisotopic (exact) mass is 319 g/mol. The molecule has 2 aliphatic heterocycles. The SMILES string of the molecule is O=C(O)N1CCC(N2CCCC(c3n[nH]c(C4CC4)n3)C2)CC1. The molecule has 23 heavy (non-hydrogen) atoms. The number of rotatable bonds is 3. The van der Waals surface area contributed by atoms with Gasteiger partial charge in [0.1, 0.15) is 5.82 Å². The molecular formula is C16H25N5O2. The molecule has 1 unspecified atom stereocenters. The molecule has 2 saturated heterocycles. The Morgan fingerprint density at radius 2 is 1.87 bits per heavy atom. The molecule has 1 atom stereocenters. The lowest BCUT2D eigenvalue weighted by Crippen LogP contribution is -2.49. The lowest BCUT2D eigenvalue weighted by Gasteiger charge is -2.41. The van der Waals surface area contributed by atoms with E-state index in [0.29, 0.717) is 31.0 Å². The number of hydrogen-bond donors (Lipinski definition) is 2. The first kappa shape index (κ1) is 14.9. The number of aromatic amines is 1. The standard InChI is InChI=1S/C16H25N5O2/c22-16(23)20-8-5-13(6-9-20)21-7-1-2-12(10-21)15-17-14(18-19-15)11-3-4-11/h11-13H,1-10H2,(H,22,23)(H,17,18,19). The molecule has 0 spiro atoms. The fraction of sp³-hybridized carbons (Fsp3) is 0.812. The minimum Gasteiger partial charge on any atom is -0.465 e. The van der Waals surface area contributed by atoms with Crippen molar-refractivity contribution < 1.29 is 9.90 Å². The zero-order chi connectivity index (χ0) is 15.8. The number of aromatic nitrogens is 3. The van der Waals surface area contributed by atoms with Gasteiger partial charge in [-0.1, -0.05) is 0 Å². The van der Waals surface area contributed by atoms with E-state index in [2.05, 4.69) is 15.1 Å². The Bertz CT molecular complexity index is 563. The van der Waals surface area contributed by atoms with Crippen LogP contribution in [-0.4, -0.2) is 68.4 Å². The fourth-order valence-corrected chi connectivity index (χ4v) is 3.98. The van der Waals surface area contributed by atoms with Crippen LogP contribution in [-0.2, 0) is 0 Å². The molecule has 0 radical (unpaired) electrons. The number of amides is 1. The minimum atomic E-state index is -0.784. The molecule has 0 bridgehead atoms. The number of H-pyrrole nitrogens is 1. The topological polar surface area (TPSA) is 85.4 Å². The van der Waals surface area contributed by atoms with Gasteiger partial charge in [-0.2, -0.15) is 5.10 Å². The van der Waals surface area contributed by atoms with Crippen molar-refractivity contribution >= 4 is 6.09 Å². The molecule has 1 aliphatic carbocycles. The van der Waals surface area contributed by atoms with Gasteiger partial charge in [0, 0.05) is 37.5 Å². The van der Waals surface area contributed by atoms with Crippen LogP contribution in [0.2, 0.25) is 0 Å². The van der Waals surface area contributed by atoms with E-state index in [9.17, 15) is 4.79 Å². The molecule has 7 nitrogen and oxygen atoms in total. The number of likely N-dealkylation sites (tertiary alicyclic amines) is 2. The van der Waals surface area contributed by atoms with Crippen molar-refractivity contribution in [2.24, 2.45) is 0 Å². The second-order valence-electron chi connectivity index (χ2n) is 7.19. The summed E-state index contributed by atoms with van der Waals surface area (Å²) in [4.78, 5) is 19.8.